The Balaban J connectivity index is 1.45. The normalized spacial score (nSPS) is 12.8. The lowest BCUT2D eigenvalue weighted by molar-refractivity contribution is 0.474. The summed E-state index contributed by atoms with van der Waals surface area (Å²) in [4.78, 5) is 14.5. The average Bonchev–Trinajstić information content (AvgIpc) is 3.96. The lowest BCUT2D eigenvalue weighted by Crippen LogP contribution is -2.18. The summed E-state index contributed by atoms with van der Waals surface area (Å²) < 4.78 is 0. The molecule has 1 aliphatic heterocycles. The molecule has 9 rings (SSSR count). The number of aromatic hydroxyl groups is 4. The van der Waals surface area contributed by atoms with Crippen LogP contribution in [0.15, 0.2) is 146 Å². The van der Waals surface area contributed by atoms with Crippen molar-refractivity contribution in [1.82, 2.24) is 19.9 Å². The molecule has 0 amide bonds. The van der Waals surface area contributed by atoms with Gasteiger partial charge in [-0.25, -0.2) is 0 Å². The van der Waals surface area contributed by atoms with E-state index in [9.17, 15) is 20.4 Å². The Labute approximate surface area is 297 Å². The van der Waals surface area contributed by atoms with Gasteiger partial charge >= 0.3 is 0 Å². The molecule has 0 fully saturated rings. The van der Waals surface area contributed by atoms with Crippen molar-refractivity contribution in [3.63, 3.8) is 0 Å². The van der Waals surface area contributed by atoms with Crippen LogP contribution >= 0.6 is 0 Å². The van der Waals surface area contributed by atoms with Crippen LogP contribution in [0.2, 0.25) is 0 Å². The highest BCUT2D eigenvalue weighted by molar-refractivity contribution is 5.86. The van der Waals surface area contributed by atoms with Crippen molar-refractivity contribution in [1.29, 1.82) is 0 Å². The highest BCUT2D eigenvalue weighted by Gasteiger charge is 2.19. The van der Waals surface area contributed by atoms with Gasteiger partial charge in [-0.3, -0.25) is 0 Å². The fraction of sp³-hybridized carbons (Fsp3) is 0. The molecule has 0 saturated heterocycles. The second kappa shape index (κ2) is 12.2. The number of nitrogens with one attached hydrogen (secondary N) is 4. The first kappa shape index (κ1) is 30.7. The smallest absolute Gasteiger partial charge is 0.116 e. The van der Waals surface area contributed by atoms with Crippen molar-refractivity contribution >= 4 is 22.3 Å². The van der Waals surface area contributed by atoms with Gasteiger partial charge in [-0.05, 0) is 113 Å². The van der Waals surface area contributed by atoms with E-state index in [0.29, 0.717) is 0 Å². The predicted molar refractivity (Wildman–Crippen MR) is 201 cm³/mol. The van der Waals surface area contributed by atoms with Gasteiger partial charge < -0.3 is 40.4 Å². The van der Waals surface area contributed by atoms with Crippen molar-refractivity contribution in [2.24, 2.45) is 0 Å². The zero-order chi connectivity index (χ0) is 35.3. The summed E-state index contributed by atoms with van der Waals surface area (Å²) in [6, 6.07) is 42.9. The van der Waals surface area contributed by atoms with Gasteiger partial charge in [0.25, 0.3) is 0 Å². The molecule has 8 aromatic rings. The third-order valence-corrected chi connectivity index (χ3v) is 9.45. The largest absolute Gasteiger partial charge is 0.508 e. The zero-order valence-electron chi connectivity index (χ0n) is 27.6. The number of H-pyrrole nitrogens is 4. The van der Waals surface area contributed by atoms with Crippen LogP contribution in [0.4, 0.5) is 0 Å². The van der Waals surface area contributed by atoms with E-state index >= 15 is 0 Å². The van der Waals surface area contributed by atoms with E-state index < -0.39 is 0 Å². The first-order valence-corrected chi connectivity index (χ1v) is 16.8. The minimum absolute atomic E-state index is 0.145. The molecule has 0 unspecified atom stereocenters. The van der Waals surface area contributed by atoms with Crippen molar-refractivity contribution < 1.29 is 20.4 Å². The van der Waals surface area contributed by atoms with Gasteiger partial charge in [0.1, 0.15) is 23.0 Å². The third kappa shape index (κ3) is 5.45. The van der Waals surface area contributed by atoms with E-state index in [1.54, 1.807) is 48.5 Å². The number of hydrogen-bond donors (Lipinski definition) is 8. The van der Waals surface area contributed by atoms with Gasteiger partial charge in [0, 0.05) is 72.5 Å². The number of phenols is 4. The first-order valence-electron chi connectivity index (χ1n) is 16.8. The second-order valence-electron chi connectivity index (χ2n) is 12.9. The van der Waals surface area contributed by atoms with Crippen LogP contribution in [0.25, 0.3) is 22.3 Å². The van der Waals surface area contributed by atoms with Crippen LogP contribution in [0, 0.1) is 0 Å². The minimum atomic E-state index is 0.145. The number of rotatable bonds is 4. The van der Waals surface area contributed by atoms with Crippen LogP contribution in [0.1, 0.15) is 44.9 Å². The minimum Gasteiger partial charge on any atom is -0.508 e. The molecule has 0 radical (unpaired) electrons. The monoisotopic (exact) mass is 680 g/mol. The first-order chi connectivity index (χ1) is 25.4. The maximum absolute atomic E-state index is 10.6. The Morgan fingerprint density at radius 2 is 0.673 bits per heavy atom. The molecule has 0 saturated carbocycles. The summed E-state index contributed by atoms with van der Waals surface area (Å²) in [6.45, 7) is 0. The standard InChI is InChI=1S/C44H32N4O4/c49-30-9-1-5-25(19-30)41-29-23-40(45-24-29)44(28-8-4-12-33(52)22-28)39-18-17-38(48-39)43(27-7-3-11-32(51)21-27)37-16-15-36(47-37)42(35-14-13-34(41)46-35)26-6-2-10-31(50)20-26/h1-24,45-52H. The molecule has 4 aromatic heterocycles. The lowest BCUT2D eigenvalue weighted by Gasteiger charge is -2.10. The summed E-state index contributed by atoms with van der Waals surface area (Å²) in [5.41, 5.74) is 9.88. The van der Waals surface area contributed by atoms with E-state index in [4.69, 9.17) is 0 Å². The predicted octanol–water partition coefficient (Wildman–Crippen LogP) is 5.12. The average molecular weight is 681 g/mol. The van der Waals surface area contributed by atoms with E-state index in [1.807, 2.05) is 91.1 Å². The molecule has 8 N–H and O–H groups in total. The molecule has 8 nitrogen and oxygen atoms in total. The van der Waals surface area contributed by atoms with E-state index in [0.717, 1.165) is 88.6 Å². The van der Waals surface area contributed by atoms with Gasteiger partial charge in [-0.1, -0.05) is 48.5 Å². The van der Waals surface area contributed by atoms with Gasteiger partial charge in [0.05, 0.1) is 0 Å². The number of phenolic OH excluding ortho intramolecular Hbond substituents is 4. The number of aromatic nitrogens is 4. The van der Waals surface area contributed by atoms with Crippen molar-refractivity contribution in [2.75, 3.05) is 0 Å². The Kier molecular flexibility index (Phi) is 7.22. The summed E-state index contributed by atoms with van der Waals surface area (Å²) in [7, 11) is 0. The van der Waals surface area contributed by atoms with E-state index in [2.05, 4.69) is 26.0 Å². The summed E-state index contributed by atoms with van der Waals surface area (Å²) in [6.07, 6.45) is 1.95. The molecule has 0 spiro atoms. The molecule has 8 bridgehead atoms. The number of fused-ring (bicyclic) bond motifs is 8. The van der Waals surface area contributed by atoms with Crippen LogP contribution in [0.3, 0.4) is 0 Å². The molecule has 8 heteroatoms. The molecular formula is C44H32N4O4. The Morgan fingerprint density at radius 1 is 0.308 bits per heavy atom. The fourth-order valence-corrected chi connectivity index (χ4v) is 7.23. The number of hydrogen-bond acceptors (Lipinski definition) is 4. The van der Waals surface area contributed by atoms with Gasteiger partial charge in [0.2, 0.25) is 0 Å². The van der Waals surface area contributed by atoms with Gasteiger partial charge in [-0.15, -0.1) is 0 Å². The fourth-order valence-electron chi connectivity index (χ4n) is 7.23. The van der Waals surface area contributed by atoms with Crippen LogP contribution < -0.4 is 21.4 Å². The van der Waals surface area contributed by atoms with Gasteiger partial charge in [0.15, 0.2) is 0 Å². The van der Waals surface area contributed by atoms with E-state index in [1.165, 1.54) is 0 Å². The second-order valence-corrected chi connectivity index (χ2v) is 12.9. The molecule has 0 atom stereocenters. The van der Waals surface area contributed by atoms with Gasteiger partial charge in [-0.2, -0.15) is 0 Å². The van der Waals surface area contributed by atoms with Crippen LogP contribution in [-0.4, -0.2) is 40.4 Å². The highest BCUT2D eigenvalue weighted by Crippen LogP contribution is 2.31. The SMILES string of the molecule is Oc1cccc(C2=c3ccc([nH]3)=C(c3cccc(O)c3)c3ccc([nH]3)C(c3cccc(O)c3)=c3ccc([nH]3)=C(c3cccc(O)c3)c3cc2c[nH]3)c1. The van der Waals surface area contributed by atoms with Crippen molar-refractivity contribution in [3.05, 3.63) is 212 Å². The Bertz CT molecular complexity index is 2530. The molecule has 0 aliphatic carbocycles. The summed E-state index contributed by atoms with van der Waals surface area (Å²) in [5, 5.41) is 45.5. The third-order valence-electron chi connectivity index (χ3n) is 9.45. The maximum Gasteiger partial charge on any atom is 0.116 e. The molecule has 1 aliphatic rings. The van der Waals surface area contributed by atoms with E-state index in [-0.39, 0.29) is 23.0 Å². The topological polar surface area (TPSA) is 144 Å². The highest BCUT2D eigenvalue weighted by atomic mass is 16.3. The van der Waals surface area contributed by atoms with Crippen LogP contribution in [0.5, 0.6) is 23.0 Å². The molecule has 52 heavy (non-hydrogen) atoms. The summed E-state index contributed by atoms with van der Waals surface area (Å²) in [5.74, 6) is 0.584. The van der Waals surface area contributed by atoms with Crippen molar-refractivity contribution in [3.8, 4) is 23.0 Å². The molecule has 5 heterocycles. The number of benzene rings is 4. The Morgan fingerprint density at radius 3 is 1.08 bits per heavy atom. The molecule has 4 aromatic carbocycles. The van der Waals surface area contributed by atoms with Crippen molar-refractivity contribution in [2.45, 2.75) is 0 Å². The van der Waals surface area contributed by atoms with Crippen LogP contribution in [-0.2, 0) is 0 Å². The quantitative estimate of drug-likeness (QED) is 0.131. The maximum atomic E-state index is 10.6. The lowest BCUT2D eigenvalue weighted by atomic mass is 9.97. The zero-order valence-corrected chi connectivity index (χ0v) is 27.6. The Hall–Kier alpha value is -7.32. The molecule has 252 valence electrons. The molecular weight excluding hydrogens is 649 g/mol. The number of aromatic amines is 4. The summed E-state index contributed by atoms with van der Waals surface area (Å²) >= 11 is 0.